The summed E-state index contributed by atoms with van der Waals surface area (Å²) in [7, 11) is 0. The molecule has 1 nitrogen and oxygen atoms in total. The highest BCUT2D eigenvalue weighted by molar-refractivity contribution is 5.84. The van der Waals surface area contributed by atoms with Crippen molar-refractivity contribution in [1.29, 1.82) is 0 Å². The van der Waals surface area contributed by atoms with Crippen LogP contribution >= 0.6 is 0 Å². The van der Waals surface area contributed by atoms with Gasteiger partial charge in [-0.3, -0.25) is 4.79 Å². The van der Waals surface area contributed by atoms with E-state index in [1.54, 1.807) is 0 Å². The molecule has 0 unspecified atom stereocenters. The molecule has 0 bridgehead atoms. The van der Waals surface area contributed by atoms with Gasteiger partial charge in [0.15, 0.2) is 0 Å². The average molecular weight is 136 g/mol. The van der Waals surface area contributed by atoms with Crippen LogP contribution in [0, 0.1) is 11.8 Å². The number of Topliss-reactive ketones (excluding diaryl/α,β-unsaturated/α-hetero) is 1. The number of carbonyl (C=O) groups is 1. The van der Waals surface area contributed by atoms with Gasteiger partial charge in [0, 0.05) is 12.3 Å². The van der Waals surface area contributed by atoms with E-state index < -0.39 is 0 Å². The van der Waals surface area contributed by atoms with Gasteiger partial charge in [0.2, 0.25) is 0 Å². The van der Waals surface area contributed by atoms with Gasteiger partial charge >= 0.3 is 0 Å². The van der Waals surface area contributed by atoms with E-state index >= 15 is 0 Å². The number of fused-ring (bicyclic) bond motifs is 1. The summed E-state index contributed by atoms with van der Waals surface area (Å²) in [4.78, 5) is 11.2. The number of carbonyl (C=O) groups excluding carboxylic acids is 1. The maximum absolute atomic E-state index is 11.2. The zero-order valence-electron chi connectivity index (χ0n) is 6.10. The Morgan fingerprint density at radius 2 is 1.90 bits per heavy atom. The van der Waals surface area contributed by atoms with Gasteiger partial charge in [-0.15, -0.1) is 0 Å². The van der Waals surface area contributed by atoms with E-state index in [-0.39, 0.29) is 0 Å². The van der Waals surface area contributed by atoms with E-state index in [9.17, 15) is 4.79 Å². The average Bonchev–Trinajstić information content (AvgIpc) is 2.41. The largest absolute Gasteiger partial charge is 0.299 e. The minimum atomic E-state index is 0.382. The molecule has 0 spiro atoms. The molecule has 2 atom stereocenters. The van der Waals surface area contributed by atoms with E-state index in [0.717, 1.165) is 25.7 Å². The number of hydrogen-bond acceptors (Lipinski definition) is 1. The Morgan fingerprint density at radius 1 is 1.20 bits per heavy atom. The van der Waals surface area contributed by atoms with Gasteiger partial charge in [-0.1, -0.05) is 12.2 Å². The highest BCUT2D eigenvalue weighted by Crippen LogP contribution is 2.44. The van der Waals surface area contributed by atoms with Crippen molar-refractivity contribution < 1.29 is 4.79 Å². The zero-order valence-corrected chi connectivity index (χ0v) is 6.10. The Morgan fingerprint density at radius 3 is 2.60 bits per heavy atom. The molecular formula is C9H12O. The maximum Gasteiger partial charge on any atom is 0.136 e. The van der Waals surface area contributed by atoms with Crippen molar-refractivity contribution >= 4 is 5.78 Å². The molecular weight excluding hydrogens is 124 g/mol. The Hall–Kier alpha value is -0.590. The van der Waals surface area contributed by atoms with E-state index in [4.69, 9.17) is 0 Å². The lowest BCUT2D eigenvalue weighted by Gasteiger charge is -2.05. The maximum atomic E-state index is 11.2. The Kier molecular flexibility index (Phi) is 1.19. The second-order valence-electron chi connectivity index (χ2n) is 3.41. The van der Waals surface area contributed by atoms with E-state index in [0.29, 0.717) is 17.6 Å². The van der Waals surface area contributed by atoms with Crippen LogP contribution in [0.1, 0.15) is 25.7 Å². The van der Waals surface area contributed by atoms with Crippen LogP contribution in [0.25, 0.3) is 0 Å². The Balaban J connectivity index is 2.24. The molecule has 0 amide bonds. The van der Waals surface area contributed by atoms with Crippen molar-refractivity contribution in [2.45, 2.75) is 25.7 Å². The summed E-state index contributed by atoms with van der Waals surface area (Å²) in [5, 5.41) is 0. The Bertz CT molecular complexity index is 171. The molecule has 0 aromatic heterocycles. The topological polar surface area (TPSA) is 17.1 Å². The van der Waals surface area contributed by atoms with Crippen molar-refractivity contribution in [3.63, 3.8) is 0 Å². The van der Waals surface area contributed by atoms with Gasteiger partial charge < -0.3 is 0 Å². The first-order chi connectivity index (χ1) is 4.79. The van der Waals surface area contributed by atoms with Crippen LogP contribution in [0.2, 0.25) is 0 Å². The summed E-state index contributed by atoms with van der Waals surface area (Å²) in [5.41, 5.74) is 1.33. The molecule has 10 heavy (non-hydrogen) atoms. The molecule has 2 saturated carbocycles. The van der Waals surface area contributed by atoms with Gasteiger partial charge in [0.25, 0.3) is 0 Å². The molecule has 0 N–H and O–H groups in total. The SMILES string of the molecule is C=C1CC[C@H]2C(=O)CC[C@@H]12. The molecule has 0 radical (unpaired) electrons. The molecule has 0 heterocycles. The first kappa shape index (κ1) is 6.14. The summed E-state index contributed by atoms with van der Waals surface area (Å²) in [5.74, 6) is 1.45. The van der Waals surface area contributed by atoms with Gasteiger partial charge in [0.1, 0.15) is 5.78 Å². The summed E-state index contributed by atoms with van der Waals surface area (Å²) in [6, 6.07) is 0. The molecule has 2 rings (SSSR count). The van der Waals surface area contributed by atoms with Gasteiger partial charge in [-0.2, -0.15) is 0 Å². The summed E-state index contributed by atoms with van der Waals surface area (Å²) < 4.78 is 0. The monoisotopic (exact) mass is 136 g/mol. The van der Waals surface area contributed by atoms with Crippen LogP contribution < -0.4 is 0 Å². The predicted molar refractivity (Wildman–Crippen MR) is 39.6 cm³/mol. The molecule has 2 aliphatic carbocycles. The number of allylic oxidation sites excluding steroid dienone is 1. The molecule has 0 aromatic carbocycles. The van der Waals surface area contributed by atoms with Gasteiger partial charge in [0.05, 0.1) is 0 Å². The van der Waals surface area contributed by atoms with E-state index in [1.165, 1.54) is 5.57 Å². The van der Waals surface area contributed by atoms with E-state index in [1.807, 2.05) is 0 Å². The predicted octanol–water partition coefficient (Wildman–Crippen LogP) is 1.93. The second-order valence-corrected chi connectivity index (χ2v) is 3.41. The normalized spacial score (nSPS) is 38.8. The molecule has 54 valence electrons. The molecule has 2 aliphatic rings. The number of rotatable bonds is 0. The van der Waals surface area contributed by atoms with Crippen LogP contribution in [-0.4, -0.2) is 5.78 Å². The minimum absolute atomic E-state index is 0.382. The molecule has 1 heteroatoms. The zero-order chi connectivity index (χ0) is 7.14. The van der Waals surface area contributed by atoms with Crippen molar-refractivity contribution in [3.8, 4) is 0 Å². The minimum Gasteiger partial charge on any atom is -0.299 e. The lowest BCUT2D eigenvalue weighted by Crippen LogP contribution is -2.07. The molecule has 2 fully saturated rings. The second kappa shape index (κ2) is 1.94. The van der Waals surface area contributed by atoms with Crippen molar-refractivity contribution in [3.05, 3.63) is 12.2 Å². The lowest BCUT2D eigenvalue weighted by molar-refractivity contribution is -0.120. The van der Waals surface area contributed by atoms with Crippen LogP contribution in [0.15, 0.2) is 12.2 Å². The third kappa shape index (κ3) is 0.664. The first-order valence-electron chi connectivity index (χ1n) is 3.99. The lowest BCUT2D eigenvalue weighted by atomic mass is 9.98. The third-order valence-corrected chi connectivity index (χ3v) is 2.90. The molecule has 0 aromatic rings. The van der Waals surface area contributed by atoms with Crippen LogP contribution in [0.5, 0.6) is 0 Å². The number of ketones is 1. The van der Waals surface area contributed by atoms with Gasteiger partial charge in [-0.05, 0) is 25.2 Å². The fourth-order valence-corrected chi connectivity index (χ4v) is 2.29. The molecule has 0 aliphatic heterocycles. The standard InChI is InChI=1S/C9H12O/c1-6-2-3-8-7(6)4-5-9(8)10/h7-8H,1-5H2/t7-,8+/m0/s1. The van der Waals surface area contributed by atoms with Crippen molar-refractivity contribution in [2.75, 3.05) is 0 Å². The fourth-order valence-electron chi connectivity index (χ4n) is 2.29. The number of hydrogen-bond donors (Lipinski definition) is 0. The highest BCUT2D eigenvalue weighted by Gasteiger charge is 2.39. The summed E-state index contributed by atoms with van der Waals surface area (Å²) in [6.07, 6.45) is 4.08. The van der Waals surface area contributed by atoms with Crippen LogP contribution in [-0.2, 0) is 4.79 Å². The van der Waals surface area contributed by atoms with E-state index in [2.05, 4.69) is 6.58 Å². The Labute approximate surface area is 61.1 Å². The van der Waals surface area contributed by atoms with Crippen LogP contribution in [0.4, 0.5) is 0 Å². The smallest absolute Gasteiger partial charge is 0.136 e. The molecule has 0 saturated heterocycles. The van der Waals surface area contributed by atoms with Gasteiger partial charge in [-0.25, -0.2) is 0 Å². The van der Waals surface area contributed by atoms with Crippen LogP contribution in [0.3, 0.4) is 0 Å². The summed E-state index contributed by atoms with van der Waals surface area (Å²) in [6.45, 7) is 3.98. The van der Waals surface area contributed by atoms with Crippen molar-refractivity contribution in [2.24, 2.45) is 11.8 Å². The van der Waals surface area contributed by atoms with Crippen molar-refractivity contribution in [1.82, 2.24) is 0 Å². The third-order valence-electron chi connectivity index (χ3n) is 2.90. The quantitative estimate of drug-likeness (QED) is 0.465. The fraction of sp³-hybridized carbons (Fsp3) is 0.667. The first-order valence-corrected chi connectivity index (χ1v) is 3.99. The highest BCUT2D eigenvalue weighted by atomic mass is 16.1. The summed E-state index contributed by atoms with van der Waals surface area (Å²) >= 11 is 0.